The molecular weight excluding hydrogens is 671 g/mol. The van der Waals surface area contributed by atoms with Crippen molar-refractivity contribution in [2.75, 3.05) is 0 Å². The lowest BCUT2D eigenvalue weighted by atomic mass is 10.00. The van der Waals surface area contributed by atoms with E-state index in [0.29, 0.717) is 11.1 Å². The van der Waals surface area contributed by atoms with Gasteiger partial charge in [0.15, 0.2) is 0 Å². The molecule has 0 aliphatic rings. The zero-order valence-electron chi connectivity index (χ0n) is 29.5. The molecule has 0 unspecified atom stereocenters. The average Bonchev–Trinajstić information content (AvgIpc) is 3.89. The van der Waals surface area contributed by atoms with Crippen molar-refractivity contribution in [2.45, 2.75) is 0 Å². The van der Waals surface area contributed by atoms with Crippen LogP contribution in [0.4, 0.5) is 0 Å². The van der Waals surface area contributed by atoms with Gasteiger partial charge in [0.2, 0.25) is 0 Å². The summed E-state index contributed by atoms with van der Waals surface area (Å²) in [7, 11) is 0. The summed E-state index contributed by atoms with van der Waals surface area (Å²) in [4.78, 5) is 0. The van der Waals surface area contributed by atoms with E-state index in [1.54, 1.807) is 0 Å². The molecule has 8 aromatic carbocycles. The number of rotatable bonds is 4. The molecule has 0 spiro atoms. The third-order valence-corrected chi connectivity index (χ3v) is 11.1. The van der Waals surface area contributed by atoms with Gasteiger partial charge in [-0.15, -0.1) is 0 Å². The molecular formula is C50H29N5. The van der Waals surface area contributed by atoms with Gasteiger partial charge in [-0.25, -0.2) is 0 Å². The second-order valence-electron chi connectivity index (χ2n) is 14.0. The summed E-state index contributed by atoms with van der Waals surface area (Å²) in [6.45, 7) is 0. The van der Waals surface area contributed by atoms with E-state index in [1.165, 1.54) is 10.8 Å². The Morgan fingerprint density at radius 2 is 0.836 bits per heavy atom. The summed E-state index contributed by atoms with van der Waals surface area (Å²) < 4.78 is 6.99. The molecule has 0 fully saturated rings. The molecule has 0 amide bonds. The fourth-order valence-electron chi connectivity index (χ4n) is 8.81. The smallest absolute Gasteiger partial charge is 0.0992 e. The van der Waals surface area contributed by atoms with Crippen molar-refractivity contribution in [1.29, 1.82) is 10.5 Å². The monoisotopic (exact) mass is 699 g/mol. The van der Waals surface area contributed by atoms with Crippen molar-refractivity contribution >= 4 is 65.4 Å². The minimum atomic E-state index is 0.573. The van der Waals surface area contributed by atoms with E-state index in [0.717, 1.165) is 82.8 Å². The van der Waals surface area contributed by atoms with Crippen molar-refractivity contribution < 1.29 is 0 Å². The minimum absolute atomic E-state index is 0.573. The maximum atomic E-state index is 10.6. The summed E-state index contributed by atoms with van der Waals surface area (Å²) in [5.74, 6) is 0. The van der Waals surface area contributed by atoms with E-state index >= 15 is 0 Å². The Balaban J connectivity index is 1.21. The van der Waals surface area contributed by atoms with Crippen LogP contribution in [-0.2, 0) is 0 Å². The highest BCUT2D eigenvalue weighted by molar-refractivity contribution is 6.15. The molecule has 0 N–H and O–H groups in total. The van der Waals surface area contributed by atoms with Crippen LogP contribution in [0.15, 0.2) is 176 Å². The van der Waals surface area contributed by atoms with Crippen molar-refractivity contribution in [2.24, 2.45) is 0 Å². The predicted molar refractivity (Wildman–Crippen MR) is 224 cm³/mol. The van der Waals surface area contributed by atoms with Crippen LogP contribution >= 0.6 is 0 Å². The maximum Gasteiger partial charge on any atom is 0.0992 e. The van der Waals surface area contributed by atoms with Crippen LogP contribution in [0, 0.1) is 22.7 Å². The fourth-order valence-corrected chi connectivity index (χ4v) is 8.81. The third-order valence-electron chi connectivity index (χ3n) is 11.1. The summed E-state index contributed by atoms with van der Waals surface area (Å²) in [6, 6.07) is 65.9. The van der Waals surface area contributed by atoms with Gasteiger partial charge in [-0.05, 0) is 78.4 Å². The first-order valence-corrected chi connectivity index (χ1v) is 18.3. The molecule has 5 heteroatoms. The van der Waals surface area contributed by atoms with E-state index in [-0.39, 0.29) is 0 Å². The zero-order chi connectivity index (χ0) is 36.6. The first-order chi connectivity index (χ1) is 27.2. The zero-order valence-corrected chi connectivity index (χ0v) is 29.5. The number of nitrogens with zero attached hydrogens (tertiary/aromatic N) is 5. The Kier molecular flexibility index (Phi) is 6.61. The van der Waals surface area contributed by atoms with E-state index in [9.17, 15) is 10.5 Å². The second kappa shape index (κ2) is 11.8. The van der Waals surface area contributed by atoms with Crippen molar-refractivity contribution in [3.8, 4) is 40.3 Å². The average molecular weight is 700 g/mol. The van der Waals surface area contributed by atoms with Gasteiger partial charge in [-0.1, -0.05) is 103 Å². The molecule has 11 rings (SSSR count). The highest BCUT2D eigenvalue weighted by atomic mass is 15.1. The van der Waals surface area contributed by atoms with Gasteiger partial charge >= 0.3 is 0 Å². The predicted octanol–water partition coefficient (Wildman–Crippen LogP) is 12.4. The first-order valence-electron chi connectivity index (χ1n) is 18.3. The molecule has 11 aromatic rings. The van der Waals surface area contributed by atoms with E-state index in [2.05, 4.69) is 165 Å². The lowest BCUT2D eigenvalue weighted by Crippen LogP contribution is -2.02. The van der Waals surface area contributed by atoms with Gasteiger partial charge in [-0.3, -0.25) is 0 Å². The van der Waals surface area contributed by atoms with Crippen LogP contribution in [0.1, 0.15) is 11.1 Å². The Morgan fingerprint density at radius 1 is 0.345 bits per heavy atom. The van der Waals surface area contributed by atoms with E-state index < -0.39 is 0 Å². The fraction of sp³-hybridized carbons (Fsp3) is 0. The Morgan fingerprint density at radius 3 is 1.49 bits per heavy atom. The largest absolute Gasteiger partial charge is 0.309 e. The van der Waals surface area contributed by atoms with Crippen molar-refractivity contribution in [3.05, 3.63) is 187 Å². The van der Waals surface area contributed by atoms with Gasteiger partial charge in [0.05, 0.1) is 67.7 Å². The van der Waals surface area contributed by atoms with Crippen LogP contribution in [0.3, 0.4) is 0 Å². The number of aromatic nitrogens is 3. The molecule has 0 saturated carbocycles. The summed E-state index contributed by atoms with van der Waals surface area (Å²) in [5, 5.41) is 27.1. The number of hydrogen-bond donors (Lipinski definition) is 0. The van der Waals surface area contributed by atoms with E-state index in [1.807, 2.05) is 36.4 Å². The standard InChI is InChI=1S/C50H29N5/c51-30-32-24-25-48-42(28-32)40-16-5-10-22-47(40)54(48)43-18-6-1-12-36(43)34-26-33(31-52)27-35(29-34)53-44-19-7-4-15-39(44)41-17-11-23-49(50(41)53)55-45-20-8-2-13-37(45)38-14-3-9-21-46(38)55/h1-29H. The third kappa shape index (κ3) is 4.45. The molecule has 0 saturated heterocycles. The topological polar surface area (TPSA) is 62.4 Å². The van der Waals surface area contributed by atoms with Crippen LogP contribution < -0.4 is 0 Å². The summed E-state index contributed by atoms with van der Waals surface area (Å²) >= 11 is 0. The molecule has 0 radical (unpaired) electrons. The molecule has 3 heterocycles. The summed E-state index contributed by atoms with van der Waals surface area (Å²) in [5.41, 5.74) is 12.6. The quantitative estimate of drug-likeness (QED) is 0.184. The second-order valence-corrected chi connectivity index (χ2v) is 14.0. The SMILES string of the molecule is N#Cc1cc(-c2ccccc2-n2c3ccccc3c3cc(C#N)ccc32)cc(-n2c3ccccc3c3cccc(-n4c5ccccc5c5ccccc54)c32)c1. The molecule has 55 heavy (non-hydrogen) atoms. The van der Waals surface area contributed by atoms with Gasteiger partial charge in [0.25, 0.3) is 0 Å². The molecule has 0 aliphatic heterocycles. The van der Waals surface area contributed by atoms with Crippen LogP contribution in [0.2, 0.25) is 0 Å². The Hall–Kier alpha value is -7.86. The summed E-state index contributed by atoms with van der Waals surface area (Å²) in [6.07, 6.45) is 0. The van der Waals surface area contributed by atoms with Crippen molar-refractivity contribution in [1.82, 2.24) is 13.7 Å². The van der Waals surface area contributed by atoms with Crippen LogP contribution in [0.5, 0.6) is 0 Å². The highest BCUT2D eigenvalue weighted by Crippen LogP contribution is 2.42. The normalized spacial score (nSPS) is 11.6. The van der Waals surface area contributed by atoms with Gasteiger partial charge in [-0.2, -0.15) is 10.5 Å². The lowest BCUT2D eigenvalue weighted by Gasteiger charge is -2.17. The first kappa shape index (κ1) is 30.7. The molecule has 0 atom stereocenters. The molecule has 0 bridgehead atoms. The Labute approximate surface area is 316 Å². The number of benzene rings is 8. The van der Waals surface area contributed by atoms with E-state index in [4.69, 9.17) is 0 Å². The number of fused-ring (bicyclic) bond motifs is 9. The van der Waals surface area contributed by atoms with Crippen LogP contribution in [0.25, 0.3) is 93.6 Å². The van der Waals surface area contributed by atoms with Gasteiger partial charge < -0.3 is 13.7 Å². The van der Waals surface area contributed by atoms with Gasteiger partial charge in [0.1, 0.15) is 0 Å². The minimum Gasteiger partial charge on any atom is -0.309 e. The lowest BCUT2D eigenvalue weighted by molar-refractivity contribution is 1.13. The molecule has 3 aromatic heterocycles. The molecule has 254 valence electrons. The molecule has 5 nitrogen and oxygen atoms in total. The number of hydrogen-bond acceptors (Lipinski definition) is 2. The van der Waals surface area contributed by atoms with Gasteiger partial charge in [0, 0.05) is 43.6 Å². The molecule has 0 aliphatic carbocycles. The number of nitriles is 2. The number of para-hydroxylation sites is 6. The van der Waals surface area contributed by atoms with Crippen LogP contribution in [-0.4, -0.2) is 13.7 Å². The maximum absolute atomic E-state index is 10.6. The highest BCUT2D eigenvalue weighted by Gasteiger charge is 2.22. The van der Waals surface area contributed by atoms with Crippen molar-refractivity contribution in [3.63, 3.8) is 0 Å². The Bertz CT molecular complexity index is 3420.